The normalized spacial score (nSPS) is 26.8. The van der Waals surface area contributed by atoms with Gasteiger partial charge in [0.2, 0.25) is 0 Å². The van der Waals surface area contributed by atoms with E-state index in [1.54, 1.807) is 0 Å². The Bertz CT molecular complexity index is 741. The summed E-state index contributed by atoms with van der Waals surface area (Å²) in [6.07, 6.45) is -3.81. The minimum atomic E-state index is -5.08. The fourth-order valence-electron chi connectivity index (χ4n) is 4.50. The lowest BCUT2D eigenvalue weighted by molar-refractivity contribution is -0.275. The van der Waals surface area contributed by atoms with Crippen molar-refractivity contribution in [3.63, 3.8) is 0 Å². The minimum absolute atomic E-state index is 0.103. The molecule has 1 aromatic rings. The molecule has 1 saturated heterocycles. The molecule has 0 radical (unpaired) electrons. The smallest absolute Gasteiger partial charge is 0.432 e. The van der Waals surface area contributed by atoms with Crippen molar-refractivity contribution in [2.75, 3.05) is 13.2 Å². The predicted molar refractivity (Wildman–Crippen MR) is 107 cm³/mol. The van der Waals surface area contributed by atoms with Gasteiger partial charge in [-0.05, 0) is 56.6 Å². The Labute approximate surface area is 189 Å². The van der Waals surface area contributed by atoms with Crippen molar-refractivity contribution < 1.29 is 45.3 Å². The summed E-state index contributed by atoms with van der Waals surface area (Å²) in [7, 11) is 0. The summed E-state index contributed by atoms with van der Waals surface area (Å²) in [5, 5.41) is 0. The molecule has 0 bridgehead atoms. The first-order chi connectivity index (χ1) is 15.5. The van der Waals surface area contributed by atoms with E-state index in [-0.39, 0.29) is 24.5 Å². The van der Waals surface area contributed by atoms with Gasteiger partial charge in [-0.1, -0.05) is 13.3 Å². The van der Waals surface area contributed by atoms with E-state index >= 15 is 0 Å². The zero-order chi connectivity index (χ0) is 24.1. The molecule has 10 heteroatoms. The van der Waals surface area contributed by atoms with E-state index in [1.807, 2.05) is 0 Å². The molecule has 0 aromatic heterocycles. The molecule has 0 amide bonds. The van der Waals surface area contributed by atoms with E-state index in [0.29, 0.717) is 31.3 Å². The maximum absolute atomic E-state index is 14.2. The van der Waals surface area contributed by atoms with Crippen molar-refractivity contribution in [2.24, 2.45) is 17.8 Å². The second kappa shape index (κ2) is 11.2. The van der Waals surface area contributed by atoms with Gasteiger partial charge in [-0.3, -0.25) is 0 Å². The number of rotatable bonds is 9. The molecule has 1 aliphatic carbocycles. The Balaban J connectivity index is 1.41. The van der Waals surface area contributed by atoms with E-state index in [4.69, 9.17) is 9.47 Å². The summed E-state index contributed by atoms with van der Waals surface area (Å²) in [5.41, 5.74) is 0. The highest BCUT2D eigenvalue weighted by Gasteiger charge is 2.36. The van der Waals surface area contributed by atoms with Crippen molar-refractivity contribution in [3.8, 4) is 11.5 Å². The van der Waals surface area contributed by atoms with Crippen LogP contribution in [0.25, 0.3) is 0 Å². The van der Waals surface area contributed by atoms with Crippen LogP contribution in [0.2, 0.25) is 0 Å². The molecule has 188 valence electrons. The molecule has 33 heavy (non-hydrogen) atoms. The number of benzene rings is 1. The average Bonchev–Trinajstić information content (AvgIpc) is 2.74. The van der Waals surface area contributed by atoms with Crippen LogP contribution in [-0.2, 0) is 9.47 Å². The lowest BCUT2D eigenvalue weighted by atomic mass is 9.79. The second-order valence-corrected chi connectivity index (χ2v) is 8.89. The largest absolute Gasteiger partial charge is 0.573 e. The van der Waals surface area contributed by atoms with Gasteiger partial charge in [-0.25, -0.2) is 4.39 Å². The molecule has 0 atom stereocenters. The Morgan fingerprint density at radius 1 is 0.909 bits per heavy atom. The molecule has 0 spiro atoms. The molecule has 1 saturated carbocycles. The molecule has 1 aromatic carbocycles. The third-order valence-corrected chi connectivity index (χ3v) is 6.21. The molecule has 2 aliphatic rings. The van der Waals surface area contributed by atoms with Crippen LogP contribution in [0.15, 0.2) is 18.2 Å². The topological polar surface area (TPSA) is 36.9 Å². The van der Waals surface area contributed by atoms with Crippen LogP contribution in [-0.4, -0.2) is 32.0 Å². The van der Waals surface area contributed by atoms with Crippen LogP contribution >= 0.6 is 0 Å². The molecule has 2 fully saturated rings. The summed E-state index contributed by atoms with van der Waals surface area (Å²) in [5.74, 6) is -2.31. The summed E-state index contributed by atoms with van der Waals surface area (Å²) in [6, 6.07) is 1.88. The predicted octanol–water partition coefficient (Wildman–Crippen LogP) is 7.07. The van der Waals surface area contributed by atoms with E-state index < -0.39 is 36.2 Å². The van der Waals surface area contributed by atoms with Gasteiger partial charge in [0.25, 0.3) is 0 Å². The maximum Gasteiger partial charge on any atom is 0.573 e. The maximum atomic E-state index is 14.2. The van der Waals surface area contributed by atoms with Gasteiger partial charge in [0, 0.05) is 17.9 Å². The molecule has 3 rings (SSSR count). The number of hydrogen-bond acceptors (Lipinski definition) is 4. The minimum Gasteiger partial charge on any atom is -0.432 e. The van der Waals surface area contributed by atoms with Crippen LogP contribution in [0.5, 0.6) is 11.5 Å². The molecule has 4 nitrogen and oxygen atoms in total. The van der Waals surface area contributed by atoms with Crippen molar-refractivity contribution in [1.29, 1.82) is 0 Å². The fourth-order valence-corrected chi connectivity index (χ4v) is 4.50. The third kappa shape index (κ3) is 8.24. The first-order valence-electron chi connectivity index (χ1n) is 11.4. The van der Waals surface area contributed by atoms with Crippen molar-refractivity contribution in [2.45, 2.75) is 77.1 Å². The molecule has 0 unspecified atom stereocenters. The SMILES string of the molecule is CCCC1COC(C2CCC(CCC(F)(F)Oc3ccc(OC(F)(F)F)c(F)c3)CC2)OC1. The number of ether oxygens (including phenoxy) is 4. The van der Waals surface area contributed by atoms with Gasteiger partial charge in [0.1, 0.15) is 5.75 Å². The van der Waals surface area contributed by atoms with Crippen molar-refractivity contribution in [3.05, 3.63) is 24.0 Å². The van der Waals surface area contributed by atoms with Crippen LogP contribution < -0.4 is 9.47 Å². The Morgan fingerprint density at radius 3 is 2.15 bits per heavy atom. The van der Waals surface area contributed by atoms with Crippen molar-refractivity contribution in [1.82, 2.24) is 0 Å². The van der Waals surface area contributed by atoms with Gasteiger partial charge in [-0.2, -0.15) is 8.78 Å². The lowest BCUT2D eigenvalue weighted by Crippen LogP contribution is -2.38. The van der Waals surface area contributed by atoms with Crippen LogP contribution in [0.4, 0.5) is 26.3 Å². The average molecular weight is 484 g/mol. The molecular formula is C23H30F6O4. The van der Waals surface area contributed by atoms with Gasteiger partial charge in [-0.15, -0.1) is 13.2 Å². The zero-order valence-electron chi connectivity index (χ0n) is 18.5. The zero-order valence-corrected chi connectivity index (χ0v) is 18.5. The summed E-state index contributed by atoms with van der Waals surface area (Å²) in [4.78, 5) is 0. The number of alkyl halides is 5. The van der Waals surface area contributed by atoms with Gasteiger partial charge in [0.15, 0.2) is 17.9 Å². The summed E-state index contributed by atoms with van der Waals surface area (Å²) >= 11 is 0. The fraction of sp³-hybridized carbons (Fsp3) is 0.739. The van der Waals surface area contributed by atoms with Gasteiger partial charge < -0.3 is 18.9 Å². The molecular weight excluding hydrogens is 454 g/mol. The first-order valence-corrected chi connectivity index (χ1v) is 11.4. The Hall–Kier alpha value is -1.68. The number of halogens is 6. The van der Waals surface area contributed by atoms with Gasteiger partial charge >= 0.3 is 12.5 Å². The second-order valence-electron chi connectivity index (χ2n) is 8.89. The summed E-state index contributed by atoms with van der Waals surface area (Å²) in [6.45, 7) is 3.53. The highest BCUT2D eigenvalue weighted by Crippen LogP contribution is 2.38. The van der Waals surface area contributed by atoms with Crippen LogP contribution in [0.3, 0.4) is 0 Å². The first kappa shape index (κ1) is 25.9. The lowest BCUT2D eigenvalue weighted by Gasteiger charge is -2.37. The Kier molecular flexibility index (Phi) is 8.77. The molecule has 1 aliphatic heterocycles. The monoisotopic (exact) mass is 484 g/mol. The Morgan fingerprint density at radius 2 is 1.58 bits per heavy atom. The van der Waals surface area contributed by atoms with Crippen LogP contribution in [0, 0.1) is 23.6 Å². The van der Waals surface area contributed by atoms with E-state index in [9.17, 15) is 26.3 Å². The summed E-state index contributed by atoms with van der Waals surface area (Å²) < 4.78 is 98.5. The van der Waals surface area contributed by atoms with Crippen molar-refractivity contribution >= 4 is 0 Å². The van der Waals surface area contributed by atoms with E-state index in [1.165, 1.54) is 0 Å². The third-order valence-electron chi connectivity index (χ3n) is 6.21. The highest BCUT2D eigenvalue weighted by atomic mass is 19.4. The van der Waals surface area contributed by atoms with Crippen LogP contribution in [0.1, 0.15) is 58.3 Å². The highest BCUT2D eigenvalue weighted by molar-refractivity contribution is 5.33. The van der Waals surface area contributed by atoms with E-state index in [0.717, 1.165) is 44.6 Å². The molecule has 1 heterocycles. The molecule has 0 N–H and O–H groups in total. The quantitative estimate of drug-likeness (QED) is 0.351. The van der Waals surface area contributed by atoms with E-state index in [2.05, 4.69) is 16.4 Å². The van der Waals surface area contributed by atoms with Gasteiger partial charge in [0.05, 0.1) is 19.6 Å². The standard InChI is InChI=1S/C23H30F6O4/c1-2-3-16-13-30-21(31-14-16)17-6-4-15(5-7-17)10-11-22(25,26)32-18-8-9-20(19(24)12-18)33-23(27,28)29/h8-9,12,15-17,21H,2-7,10-11,13-14H2,1H3. The number of hydrogen-bond donors (Lipinski definition) is 0.